The van der Waals surface area contributed by atoms with Crippen LogP contribution in [0.4, 0.5) is 33.3 Å². The van der Waals surface area contributed by atoms with Gasteiger partial charge in [0.1, 0.15) is 5.82 Å². The van der Waals surface area contributed by atoms with Gasteiger partial charge in [-0.05, 0) is 17.7 Å². The number of nitro groups is 1. The van der Waals surface area contributed by atoms with Gasteiger partial charge in [-0.2, -0.15) is 9.97 Å². The average molecular weight is 354 g/mol. The molecule has 8 nitrogen and oxygen atoms in total. The van der Waals surface area contributed by atoms with E-state index in [0.29, 0.717) is 6.54 Å². The number of benzene rings is 2. The lowest BCUT2D eigenvalue weighted by molar-refractivity contribution is -0.383. The summed E-state index contributed by atoms with van der Waals surface area (Å²) in [4.78, 5) is 18.6. The molecule has 9 heteroatoms. The maximum atomic E-state index is 13.8. The van der Waals surface area contributed by atoms with E-state index in [-0.39, 0.29) is 23.3 Å². The number of aromatic nitrogens is 2. The highest BCUT2D eigenvalue weighted by atomic mass is 19.1. The zero-order chi connectivity index (χ0) is 18.5. The lowest BCUT2D eigenvalue weighted by Crippen LogP contribution is -2.11. The van der Waals surface area contributed by atoms with Crippen LogP contribution >= 0.6 is 0 Å². The number of nitrogens with one attached hydrogen (secondary N) is 2. The van der Waals surface area contributed by atoms with Crippen molar-refractivity contribution in [3.63, 3.8) is 0 Å². The maximum absolute atomic E-state index is 13.8. The van der Waals surface area contributed by atoms with Gasteiger partial charge >= 0.3 is 5.69 Å². The van der Waals surface area contributed by atoms with Gasteiger partial charge in [0, 0.05) is 6.54 Å². The van der Waals surface area contributed by atoms with E-state index in [0.717, 1.165) is 5.56 Å². The molecule has 0 aliphatic carbocycles. The summed E-state index contributed by atoms with van der Waals surface area (Å²) >= 11 is 0. The quantitative estimate of drug-likeness (QED) is 0.458. The van der Waals surface area contributed by atoms with Crippen LogP contribution in [0, 0.1) is 15.9 Å². The molecule has 4 N–H and O–H groups in total. The first kappa shape index (κ1) is 17.1. The fraction of sp³-hybridized carbons (Fsp3) is 0.0588. The Bertz CT molecular complexity index is 936. The van der Waals surface area contributed by atoms with E-state index in [9.17, 15) is 14.5 Å². The fourth-order valence-corrected chi connectivity index (χ4v) is 2.30. The van der Waals surface area contributed by atoms with Crippen LogP contribution in [0.15, 0.2) is 54.6 Å². The average Bonchev–Trinajstić information content (AvgIpc) is 2.62. The minimum Gasteiger partial charge on any atom is -0.378 e. The summed E-state index contributed by atoms with van der Waals surface area (Å²) in [5.74, 6) is -0.926. The lowest BCUT2D eigenvalue weighted by Gasteiger charge is -2.11. The van der Waals surface area contributed by atoms with Crippen molar-refractivity contribution in [2.75, 3.05) is 16.4 Å². The Labute approximate surface area is 148 Å². The molecule has 26 heavy (non-hydrogen) atoms. The van der Waals surface area contributed by atoms with Crippen molar-refractivity contribution >= 4 is 29.0 Å². The second-order valence-electron chi connectivity index (χ2n) is 5.33. The molecule has 0 atom stereocenters. The highest BCUT2D eigenvalue weighted by Gasteiger charge is 2.23. The molecule has 0 fully saturated rings. The Morgan fingerprint density at radius 2 is 1.77 bits per heavy atom. The number of hydrogen-bond donors (Lipinski definition) is 3. The molecular formula is C17H15FN6O2. The van der Waals surface area contributed by atoms with Crippen molar-refractivity contribution in [2.45, 2.75) is 6.54 Å². The standard InChI is InChI=1S/C17H15FN6O2/c18-12-8-4-5-9-13(12)21-17-22-15(19)14(24(25)26)16(23-17)20-10-11-6-2-1-3-7-11/h1-9H,10H2,(H4,19,20,21,22,23). The first-order valence-electron chi connectivity index (χ1n) is 7.66. The largest absolute Gasteiger partial charge is 0.378 e. The summed E-state index contributed by atoms with van der Waals surface area (Å²) in [6, 6.07) is 15.2. The summed E-state index contributed by atoms with van der Waals surface area (Å²) in [6.07, 6.45) is 0. The van der Waals surface area contributed by atoms with Crippen molar-refractivity contribution in [1.82, 2.24) is 9.97 Å². The molecule has 1 aromatic heterocycles. The normalized spacial score (nSPS) is 10.3. The maximum Gasteiger partial charge on any atom is 0.353 e. The number of para-hydroxylation sites is 1. The van der Waals surface area contributed by atoms with Crippen LogP contribution in [0.3, 0.4) is 0 Å². The molecule has 0 bridgehead atoms. The summed E-state index contributed by atoms with van der Waals surface area (Å²) in [6.45, 7) is 0.303. The molecule has 0 saturated heterocycles. The zero-order valence-corrected chi connectivity index (χ0v) is 13.5. The minimum absolute atomic E-state index is 0.0474. The monoisotopic (exact) mass is 354 g/mol. The van der Waals surface area contributed by atoms with Gasteiger partial charge in [-0.3, -0.25) is 10.1 Å². The highest BCUT2D eigenvalue weighted by molar-refractivity contribution is 5.71. The fourth-order valence-electron chi connectivity index (χ4n) is 2.30. The van der Waals surface area contributed by atoms with Crippen LogP contribution in [0.2, 0.25) is 0 Å². The molecule has 132 valence electrons. The van der Waals surface area contributed by atoms with Gasteiger partial charge in [0.15, 0.2) is 0 Å². The van der Waals surface area contributed by atoms with Gasteiger partial charge in [0.05, 0.1) is 10.6 Å². The van der Waals surface area contributed by atoms with E-state index in [1.807, 2.05) is 30.3 Å². The van der Waals surface area contributed by atoms with Crippen molar-refractivity contribution in [3.8, 4) is 0 Å². The Morgan fingerprint density at radius 1 is 1.08 bits per heavy atom. The number of nitrogens with two attached hydrogens (primary N) is 1. The van der Waals surface area contributed by atoms with E-state index in [1.165, 1.54) is 12.1 Å². The minimum atomic E-state index is -0.657. The van der Waals surface area contributed by atoms with Crippen LogP contribution in [0.5, 0.6) is 0 Å². The van der Waals surface area contributed by atoms with E-state index < -0.39 is 16.4 Å². The molecule has 2 aromatic carbocycles. The van der Waals surface area contributed by atoms with Crippen LogP contribution in [-0.4, -0.2) is 14.9 Å². The van der Waals surface area contributed by atoms with E-state index in [4.69, 9.17) is 5.73 Å². The van der Waals surface area contributed by atoms with E-state index >= 15 is 0 Å². The van der Waals surface area contributed by atoms with E-state index in [2.05, 4.69) is 20.6 Å². The van der Waals surface area contributed by atoms with Crippen molar-refractivity contribution in [2.24, 2.45) is 0 Å². The zero-order valence-electron chi connectivity index (χ0n) is 13.5. The molecule has 0 saturated carbocycles. The molecule has 0 unspecified atom stereocenters. The number of rotatable bonds is 6. The first-order valence-corrected chi connectivity index (χ1v) is 7.66. The van der Waals surface area contributed by atoms with Gasteiger partial charge in [-0.1, -0.05) is 42.5 Å². The first-order chi connectivity index (χ1) is 12.5. The van der Waals surface area contributed by atoms with Crippen molar-refractivity contribution < 1.29 is 9.31 Å². The molecule has 3 rings (SSSR count). The third-order valence-corrected chi connectivity index (χ3v) is 3.52. The molecule has 0 aliphatic heterocycles. The topological polar surface area (TPSA) is 119 Å². The van der Waals surface area contributed by atoms with Gasteiger partial charge in [-0.25, -0.2) is 4.39 Å². The number of hydrogen-bond acceptors (Lipinski definition) is 7. The van der Waals surface area contributed by atoms with Crippen LogP contribution in [0.25, 0.3) is 0 Å². The molecule has 0 radical (unpaired) electrons. The number of halogens is 1. The van der Waals surface area contributed by atoms with Crippen molar-refractivity contribution in [1.29, 1.82) is 0 Å². The summed E-state index contributed by atoms with van der Waals surface area (Å²) < 4.78 is 13.8. The predicted octanol–water partition coefficient (Wildman–Crippen LogP) is 3.46. The third kappa shape index (κ3) is 3.83. The van der Waals surface area contributed by atoms with E-state index in [1.54, 1.807) is 12.1 Å². The van der Waals surface area contributed by atoms with Crippen LogP contribution in [-0.2, 0) is 6.54 Å². The Kier molecular flexibility index (Phi) is 4.88. The Hall–Kier alpha value is -3.75. The summed E-state index contributed by atoms with van der Waals surface area (Å²) in [7, 11) is 0. The highest BCUT2D eigenvalue weighted by Crippen LogP contribution is 2.30. The molecular weight excluding hydrogens is 339 g/mol. The SMILES string of the molecule is Nc1nc(Nc2ccccc2F)nc(NCc2ccccc2)c1[N+](=O)[O-]. The predicted molar refractivity (Wildman–Crippen MR) is 96.6 cm³/mol. The Morgan fingerprint density at radius 3 is 2.46 bits per heavy atom. The Balaban J connectivity index is 1.91. The molecule has 0 spiro atoms. The molecule has 1 heterocycles. The van der Waals surface area contributed by atoms with Gasteiger partial charge in [0.25, 0.3) is 0 Å². The number of anilines is 4. The third-order valence-electron chi connectivity index (χ3n) is 3.52. The summed E-state index contributed by atoms with van der Waals surface area (Å²) in [5, 5.41) is 16.9. The van der Waals surface area contributed by atoms with Crippen LogP contribution < -0.4 is 16.4 Å². The number of nitrogens with zero attached hydrogens (tertiary/aromatic N) is 3. The van der Waals surface area contributed by atoms with Gasteiger partial charge in [0.2, 0.25) is 17.6 Å². The molecule has 0 amide bonds. The smallest absolute Gasteiger partial charge is 0.353 e. The number of nitrogen functional groups attached to an aromatic ring is 1. The second kappa shape index (κ2) is 7.43. The summed E-state index contributed by atoms with van der Waals surface area (Å²) in [5.41, 5.74) is 6.33. The van der Waals surface area contributed by atoms with Gasteiger partial charge < -0.3 is 16.4 Å². The molecule has 0 aliphatic rings. The van der Waals surface area contributed by atoms with Crippen LogP contribution in [0.1, 0.15) is 5.56 Å². The molecule has 3 aromatic rings. The lowest BCUT2D eigenvalue weighted by atomic mass is 10.2. The van der Waals surface area contributed by atoms with Gasteiger partial charge in [-0.15, -0.1) is 0 Å². The van der Waals surface area contributed by atoms with Crippen molar-refractivity contribution in [3.05, 3.63) is 76.1 Å². The second-order valence-corrected chi connectivity index (χ2v) is 5.33.